The second-order valence-corrected chi connectivity index (χ2v) is 4.82. The number of hydrogen-bond acceptors (Lipinski definition) is 4. The van der Waals surface area contributed by atoms with E-state index in [4.69, 9.17) is 0 Å². The maximum Gasteiger partial charge on any atom is 0.337 e. The average Bonchev–Trinajstić information content (AvgIpc) is 2.49. The Morgan fingerprint density at radius 1 is 1.25 bits per heavy atom. The van der Waals surface area contributed by atoms with Gasteiger partial charge in [0, 0.05) is 10.0 Å². The fraction of sp³-hybridized carbons (Fsp3) is 0.0667. The summed E-state index contributed by atoms with van der Waals surface area (Å²) in [6, 6.07) is 14.7. The van der Waals surface area contributed by atoms with E-state index in [1.165, 1.54) is 7.11 Å². The monoisotopic (exact) mass is 332 g/mol. The zero-order chi connectivity index (χ0) is 14.4. The van der Waals surface area contributed by atoms with Crippen molar-refractivity contribution in [2.24, 2.45) is 5.10 Å². The minimum absolute atomic E-state index is 0.372. The van der Waals surface area contributed by atoms with Crippen molar-refractivity contribution < 1.29 is 9.53 Å². The van der Waals surface area contributed by atoms with E-state index in [9.17, 15) is 4.79 Å². The number of halogens is 1. The van der Waals surface area contributed by atoms with Gasteiger partial charge in [-0.25, -0.2) is 4.79 Å². The van der Waals surface area contributed by atoms with Crippen molar-refractivity contribution in [2.45, 2.75) is 0 Å². The molecular formula is C15H13BrN2O2. The van der Waals surface area contributed by atoms with E-state index in [2.05, 4.69) is 31.2 Å². The highest BCUT2D eigenvalue weighted by Crippen LogP contribution is 2.14. The van der Waals surface area contributed by atoms with E-state index >= 15 is 0 Å². The Balaban J connectivity index is 2.08. The smallest absolute Gasteiger partial charge is 0.337 e. The predicted molar refractivity (Wildman–Crippen MR) is 83.1 cm³/mol. The van der Waals surface area contributed by atoms with Gasteiger partial charge >= 0.3 is 5.97 Å². The van der Waals surface area contributed by atoms with Crippen LogP contribution in [-0.4, -0.2) is 19.3 Å². The highest BCUT2D eigenvalue weighted by molar-refractivity contribution is 9.10. The molecule has 2 aromatic carbocycles. The number of hydrogen-bond donors (Lipinski definition) is 1. The lowest BCUT2D eigenvalue weighted by Gasteiger charge is -2.03. The lowest BCUT2D eigenvalue weighted by atomic mass is 10.2. The minimum atomic E-state index is -0.372. The van der Waals surface area contributed by atoms with Crippen LogP contribution in [0.25, 0.3) is 0 Å². The zero-order valence-electron chi connectivity index (χ0n) is 10.8. The van der Waals surface area contributed by atoms with Gasteiger partial charge in [0.05, 0.1) is 24.6 Å². The third-order valence-electron chi connectivity index (χ3n) is 2.59. The fourth-order valence-electron chi connectivity index (χ4n) is 1.59. The summed E-state index contributed by atoms with van der Waals surface area (Å²) >= 11 is 3.44. The van der Waals surface area contributed by atoms with Gasteiger partial charge in [-0.1, -0.05) is 40.2 Å². The molecule has 1 N–H and O–H groups in total. The van der Waals surface area contributed by atoms with E-state index in [0.29, 0.717) is 5.56 Å². The predicted octanol–water partition coefficient (Wildman–Crippen LogP) is 3.68. The molecule has 0 heterocycles. The lowest BCUT2D eigenvalue weighted by molar-refractivity contribution is 0.0601. The van der Waals surface area contributed by atoms with Crippen molar-refractivity contribution in [1.82, 2.24) is 0 Å². The summed E-state index contributed by atoms with van der Waals surface area (Å²) in [6.07, 6.45) is 1.70. The Bertz CT molecular complexity index is 641. The van der Waals surface area contributed by atoms with E-state index in [0.717, 1.165) is 15.7 Å². The number of anilines is 1. The molecule has 0 aliphatic rings. The fourth-order valence-corrected chi connectivity index (χ4v) is 1.98. The molecular weight excluding hydrogens is 320 g/mol. The van der Waals surface area contributed by atoms with E-state index in [-0.39, 0.29) is 5.97 Å². The number of benzene rings is 2. The van der Waals surface area contributed by atoms with Gasteiger partial charge in [0.15, 0.2) is 0 Å². The van der Waals surface area contributed by atoms with Crippen LogP contribution < -0.4 is 5.43 Å². The van der Waals surface area contributed by atoms with Gasteiger partial charge in [0.2, 0.25) is 0 Å². The van der Waals surface area contributed by atoms with Crippen LogP contribution in [0.4, 0.5) is 5.69 Å². The molecule has 4 nitrogen and oxygen atoms in total. The molecule has 2 aromatic rings. The quantitative estimate of drug-likeness (QED) is 0.527. The molecule has 0 saturated carbocycles. The molecule has 0 aromatic heterocycles. The molecule has 102 valence electrons. The summed E-state index contributed by atoms with van der Waals surface area (Å²) < 4.78 is 5.64. The van der Waals surface area contributed by atoms with Crippen LogP contribution >= 0.6 is 15.9 Å². The Labute approximate surface area is 125 Å². The topological polar surface area (TPSA) is 50.7 Å². The van der Waals surface area contributed by atoms with E-state index in [1.54, 1.807) is 24.4 Å². The first kappa shape index (κ1) is 14.3. The van der Waals surface area contributed by atoms with Gasteiger partial charge in [-0.15, -0.1) is 0 Å². The summed E-state index contributed by atoms with van der Waals surface area (Å²) in [5.74, 6) is -0.372. The van der Waals surface area contributed by atoms with Crippen molar-refractivity contribution in [3.63, 3.8) is 0 Å². The number of methoxy groups -OCH3 is 1. The number of nitrogens with zero attached hydrogens (tertiary/aromatic N) is 1. The van der Waals surface area contributed by atoms with Crippen LogP contribution in [0.15, 0.2) is 58.1 Å². The normalized spacial score (nSPS) is 10.5. The summed E-state index contributed by atoms with van der Waals surface area (Å²) in [7, 11) is 1.35. The average molecular weight is 333 g/mol. The van der Waals surface area contributed by atoms with E-state index < -0.39 is 0 Å². The Morgan fingerprint density at radius 3 is 2.80 bits per heavy atom. The number of rotatable bonds is 4. The first-order valence-corrected chi connectivity index (χ1v) is 6.72. The van der Waals surface area contributed by atoms with Crippen molar-refractivity contribution in [2.75, 3.05) is 12.5 Å². The molecule has 0 bridgehead atoms. The molecule has 0 aliphatic carbocycles. The van der Waals surface area contributed by atoms with Crippen LogP contribution in [0, 0.1) is 0 Å². The Morgan fingerprint density at radius 2 is 2.05 bits per heavy atom. The van der Waals surface area contributed by atoms with Crippen LogP contribution in [0.5, 0.6) is 0 Å². The molecule has 0 unspecified atom stereocenters. The molecule has 0 fully saturated rings. The van der Waals surface area contributed by atoms with Crippen molar-refractivity contribution in [1.29, 1.82) is 0 Å². The van der Waals surface area contributed by atoms with Crippen molar-refractivity contribution in [3.8, 4) is 0 Å². The summed E-state index contributed by atoms with van der Waals surface area (Å²) in [5.41, 5.74) is 5.04. The van der Waals surface area contributed by atoms with Crippen LogP contribution in [0.3, 0.4) is 0 Å². The zero-order valence-corrected chi connectivity index (χ0v) is 12.4. The molecule has 2 rings (SSSR count). The Kier molecular flexibility index (Phi) is 4.90. The second-order valence-electron chi connectivity index (χ2n) is 3.96. The minimum Gasteiger partial charge on any atom is -0.465 e. The van der Waals surface area contributed by atoms with Crippen LogP contribution in [0.1, 0.15) is 15.9 Å². The molecule has 20 heavy (non-hydrogen) atoms. The molecule has 0 radical (unpaired) electrons. The molecule has 0 aliphatic heterocycles. The summed E-state index contributed by atoms with van der Waals surface area (Å²) in [5, 5.41) is 4.14. The largest absolute Gasteiger partial charge is 0.465 e. The van der Waals surface area contributed by atoms with Crippen LogP contribution in [-0.2, 0) is 4.74 Å². The summed E-state index contributed by atoms with van der Waals surface area (Å²) in [6.45, 7) is 0. The number of carbonyl (C=O) groups is 1. The molecule has 5 heteroatoms. The van der Waals surface area contributed by atoms with Gasteiger partial charge < -0.3 is 4.74 Å². The first-order chi connectivity index (χ1) is 9.70. The van der Waals surface area contributed by atoms with Gasteiger partial charge in [-0.3, -0.25) is 5.43 Å². The third kappa shape index (κ3) is 3.68. The number of nitrogens with one attached hydrogen (secondary N) is 1. The summed E-state index contributed by atoms with van der Waals surface area (Å²) in [4.78, 5) is 11.4. The highest BCUT2D eigenvalue weighted by atomic mass is 79.9. The van der Waals surface area contributed by atoms with Gasteiger partial charge in [-0.2, -0.15) is 5.10 Å². The highest BCUT2D eigenvalue weighted by Gasteiger charge is 2.04. The number of hydrazone groups is 1. The van der Waals surface area contributed by atoms with Crippen molar-refractivity contribution >= 4 is 33.8 Å². The van der Waals surface area contributed by atoms with Gasteiger partial charge in [0.1, 0.15) is 0 Å². The van der Waals surface area contributed by atoms with Gasteiger partial charge in [-0.05, 0) is 24.3 Å². The second kappa shape index (κ2) is 6.86. The molecule has 0 spiro atoms. The molecule has 0 atom stereocenters. The Hall–Kier alpha value is -2.14. The number of esters is 1. The third-order valence-corrected chi connectivity index (χ3v) is 3.31. The molecule has 0 amide bonds. The first-order valence-electron chi connectivity index (χ1n) is 5.92. The standard InChI is InChI=1S/C15H13BrN2O2/c1-20-15(19)11-6-4-7-13(9-11)18-17-10-12-5-2-3-8-14(12)16/h2-10,18H,1H3. The molecule has 0 saturated heterocycles. The maximum atomic E-state index is 11.4. The number of ether oxygens (including phenoxy) is 1. The van der Waals surface area contributed by atoms with Crippen LogP contribution in [0.2, 0.25) is 0 Å². The SMILES string of the molecule is COC(=O)c1cccc(NN=Cc2ccccc2Br)c1. The number of carbonyl (C=O) groups excluding carboxylic acids is 1. The maximum absolute atomic E-state index is 11.4. The van der Waals surface area contributed by atoms with Crippen molar-refractivity contribution in [3.05, 3.63) is 64.1 Å². The van der Waals surface area contributed by atoms with Gasteiger partial charge in [0.25, 0.3) is 0 Å². The van der Waals surface area contributed by atoms with E-state index in [1.807, 2.05) is 30.3 Å². The lowest BCUT2D eigenvalue weighted by Crippen LogP contribution is -2.01.